The Kier molecular flexibility index (Phi) is 5.24. The lowest BCUT2D eigenvalue weighted by Gasteiger charge is -2.27. The lowest BCUT2D eigenvalue weighted by molar-refractivity contribution is 0.0342. The molecule has 0 radical (unpaired) electrons. The number of rotatable bonds is 5. The van der Waals surface area contributed by atoms with Gasteiger partial charge in [0.2, 0.25) is 0 Å². The van der Waals surface area contributed by atoms with Gasteiger partial charge in [0.15, 0.2) is 0 Å². The van der Waals surface area contributed by atoms with Gasteiger partial charge in [0, 0.05) is 30.7 Å². The molecule has 1 aliphatic heterocycles. The minimum absolute atomic E-state index is 0.154. The number of carboxylic acid groups (broad SMARTS) is 1. The van der Waals surface area contributed by atoms with Crippen molar-refractivity contribution in [2.45, 2.75) is 6.54 Å². The fraction of sp³-hybridized carbons (Fsp3) is 0.294. The third-order valence-electron chi connectivity index (χ3n) is 3.84. The Morgan fingerprint density at radius 1 is 1.25 bits per heavy atom. The number of carbonyl (C=O) groups is 2. The molecule has 0 bridgehead atoms. The number of benzene rings is 1. The molecule has 2 N–H and O–H groups in total. The minimum atomic E-state index is -1.02. The smallest absolute Gasteiger partial charge is 0.345 e. The summed E-state index contributed by atoms with van der Waals surface area (Å²) in [6, 6.07) is 9.06. The Bertz CT molecular complexity index is 738. The number of thiophene rings is 1. The molecule has 0 unspecified atom stereocenters. The first-order chi connectivity index (χ1) is 11.6. The van der Waals surface area contributed by atoms with Gasteiger partial charge in [-0.2, -0.15) is 0 Å². The molecule has 126 valence electrons. The van der Waals surface area contributed by atoms with Gasteiger partial charge in [0.05, 0.1) is 18.8 Å². The summed E-state index contributed by atoms with van der Waals surface area (Å²) >= 11 is 1.05. The van der Waals surface area contributed by atoms with Gasteiger partial charge in [-0.15, -0.1) is 11.3 Å². The largest absolute Gasteiger partial charge is 0.477 e. The van der Waals surface area contributed by atoms with Gasteiger partial charge in [0.25, 0.3) is 5.91 Å². The van der Waals surface area contributed by atoms with Crippen molar-refractivity contribution in [3.63, 3.8) is 0 Å². The summed E-state index contributed by atoms with van der Waals surface area (Å²) in [4.78, 5) is 25.7. The molecule has 1 amide bonds. The van der Waals surface area contributed by atoms with Crippen LogP contribution in [0.1, 0.15) is 25.6 Å². The molecule has 0 spiro atoms. The summed E-state index contributed by atoms with van der Waals surface area (Å²) in [5, 5.41) is 13.4. The molecule has 7 heteroatoms. The van der Waals surface area contributed by atoms with Crippen molar-refractivity contribution in [3.8, 4) is 0 Å². The highest BCUT2D eigenvalue weighted by molar-refractivity contribution is 7.12. The van der Waals surface area contributed by atoms with E-state index in [2.05, 4.69) is 10.2 Å². The molecule has 0 atom stereocenters. The molecule has 2 heterocycles. The van der Waals surface area contributed by atoms with Crippen LogP contribution < -0.4 is 5.32 Å². The summed E-state index contributed by atoms with van der Waals surface area (Å²) in [5.74, 6) is -1.32. The van der Waals surface area contributed by atoms with Crippen LogP contribution in [0.2, 0.25) is 0 Å². The number of nitrogens with one attached hydrogen (secondary N) is 1. The second kappa shape index (κ2) is 7.57. The van der Waals surface area contributed by atoms with Crippen LogP contribution >= 0.6 is 11.3 Å². The van der Waals surface area contributed by atoms with Gasteiger partial charge in [-0.05, 0) is 17.7 Å². The second-order valence-corrected chi connectivity index (χ2v) is 6.42. The molecule has 0 aliphatic carbocycles. The van der Waals surface area contributed by atoms with Crippen molar-refractivity contribution in [3.05, 3.63) is 51.7 Å². The first-order valence-electron chi connectivity index (χ1n) is 7.64. The van der Waals surface area contributed by atoms with E-state index in [1.54, 1.807) is 5.38 Å². The van der Waals surface area contributed by atoms with Crippen LogP contribution in [0.5, 0.6) is 0 Å². The van der Waals surface area contributed by atoms with Crippen LogP contribution in [0.15, 0.2) is 35.7 Å². The molecule has 0 saturated carbocycles. The summed E-state index contributed by atoms with van der Waals surface area (Å²) in [6.07, 6.45) is 0. The molecular formula is C17H18N2O4S. The normalized spacial score (nSPS) is 15.2. The van der Waals surface area contributed by atoms with Crippen LogP contribution in [0.25, 0.3) is 0 Å². The van der Waals surface area contributed by atoms with E-state index in [0.717, 1.165) is 55.4 Å². The standard InChI is InChI=1S/C17H18N2O4S/c20-16(13-9-15(17(21)22)24-11-13)18-14-4-2-1-3-12(14)10-19-5-7-23-8-6-19/h1-4,9,11H,5-8,10H2,(H,18,20)(H,21,22). The SMILES string of the molecule is O=C(Nc1ccccc1CN1CCOCC1)c1csc(C(=O)O)c1. The topological polar surface area (TPSA) is 78.9 Å². The number of aromatic carboxylic acids is 1. The van der Waals surface area contributed by atoms with Gasteiger partial charge in [-0.25, -0.2) is 4.79 Å². The van der Waals surface area contributed by atoms with Gasteiger partial charge >= 0.3 is 5.97 Å². The lowest BCUT2D eigenvalue weighted by Crippen LogP contribution is -2.35. The molecule has 1 aromatic carbocycles. The molecule has 2 aromatic rings. The number of carboxylic acids is 1. The van der Waals surface area contributed by atoms with Crippen molar-refractivity contribution >= 4 is 28.9 Å². The van der Waals surface area contributed by atoms with Gasteiger partial charge in [-0.1, -0.05) is 18.2 Å². The summed E-state index contributed by atoms with van der Waals surface area (Å²) < 4.78 is 5.35. The molecule has 1 fully saturated rings. The zero-order valence-electron chi connectivity index (χ0n) is 13.0. The fourth-order valence-corrected chi connectivity index (χ4v) is 3.27. The zero-order valence-corrected chi connectivity index (χ0v) is 13.8. The van der Waals surface area contributed by atoms with Crippen LogP contribution in [0.3, 0.4) is 0 Å². The molecule has 3 rings (SSSR count). The summed E-state index contributed by atoms with van der Waals surface area (Å²) in [7, 11) is 0. The minimum Gasteiger partial charge on any atom is -0.477 e. The summed E-state index contributed by atoms with van der Waals surface area (Å²) in [6.45, 7) is 3.93. The number of anilines is 1. The highest BCUT2D eigenvalue weighted by Crippen LogP contribution is 2.21. The van der Waals surface area contributed by atoms with Crippen molar-refractivity contribution < 1.29 is 19.4 Å². The summed E-state index contributed by atoms with van der Waals surface area (Å²) in [5.41, 5.74) is 2.14. The number of para-hydroxylation sites is 1. The van der Waals surface area contributed by atoms with E-state index in [1.165, 1.54) is 6.07 Å². The fourth-order valence-electron chi connectivity index (χ4n) is 2.54. The monoisotopic (exact) mass is 346 g/mol. The molecule has 1 saturated heterocycles. The number of carbonyl (C=O) groups excluding carboxylic acids is 1. The molecule has 24 heavy (non-hydrogen) atoms. The first-order valence-corrected chi connectivity index (χ1v) is 8.52. The maximum absolute atomic E-state index is 12.4. The number of hydrogen-bond acceptors (Lipinski definition) is 5. The Balaban J connectivity index is 1.71. The third kappa shape index (κ3) is 4.00. The highest BCUT2D eigenvalue weighted by atomic mass is 32.1. The first kappa shape index (κ1) is 16.6. The van der Waals surface area contributed by atoms with Crippen LogP contribution in [-0.4, -0.2) is 48.2 Å². The molecule has 1 aliphatic rings. The van der Waals surface area contributed by atoms with E-state index < -0.39 is 5.97 Å². The van der Waals surface area contributed by atoms with E-state index in [9.17, 15) is 9.59 Å². The van der Waals surface area contributed by atoms with E-state index in [0.29, 0.717) is 5.56 Å². The Morgan fingerprint density at radius 2 is 2.00 bits per heavy atom. The number of hydrogen-bond donors (Lipinski definition) is 2. The van der Waals surface area contributed by atoms with Gasteiger partial charge in [0.1, 0.15) is 4.88 Å². The lowest BCUT2D eigenvalue weighted by atomic mass is 10.1. The van der Waals surface area contributed by atoms with Crippen LogP contribution in [-0.2, 0) is 11.3 Å². The van der Waals surface area contributed by atoms with Crippen molar-refractivity contribution in [2.75, 3.05) is 31.6 Å². The Labute approximate surface area is 143 Å². The number of amides is 1. The highest BCUT2D eigenvalue weighted by Gasteiger charge is 2.16. The van der Waals surface area contributed by atoms with Crippen molar-refractivity contribution in [2.24, 2.45) is 0 Å². The maximum Gasteiger partial charge on any atom is 0.345 e. The number of ether oxygens (including phenoxy) is 1. The second-order valence-electron chi connectivity index (χ2n) is 5.50. The average molecular weight is 346 g/mol. The third-order valence-corrected chi connectivity index (χ3v) is 4.75. The van der Waals surface area contributed by atoms with E-state index >= 15 is 0 Å². The predicted octanol–water partition coefficient (Wildman–Crippen LogP) is 2.53. The van der Waals surface area contributed by atoms with Gasteiger partial charge < -0.3 is 15.2 Å². The zero-order chi connectivity index (χ0) is 16.9. The molecule has 6 nitrogen and oxygen atoms in total. The van der Waals surface area contributed by atoms with Crippen LogP contribution in [0, 0.1) is 0 Å². The number of nitrogens with zero attached hydrogens (tertiary/aromatic N) is 1. The van der Waals surface area contributed by atoms with E-state index in [4.69, 9.17) is 9.84 Å². The van der Waals surface area contributed by atoms with Crippen LogP contribution in [0.4, 0.5) is 5.69 Å². The quantitative estimate of drug-likeness (QED) is 0.870. The molecular weight excluding hydrogens is 328 g/mol. The van der Waals surface area contributed by atoms with E-state index in [1.807, 2.05) is 24.3 Å². The van der Waals surface area contributed by atoms with E-state index in [-0.39, 0.29) is 10.8 Å². The van der Waals surface area contributed by atoms with Crippen molar-refractivity contribution in [1.29, 1.82) is 0 Å². The number of morpholine rings is 1. The van der Waals surface area contributed by atoms with Crippen molar-refractivity contribution in [1.82, 2.24) is 4.90 Å². The maximum atomic E-state index is 12.4. The van der Waals surface area contributed by atoms with Gasteiger partial charge in [-0.3, -0.25) is 9.69 Å². The molecule has 1 aromatic heterocycles. The predicted molar refractivity (Wildman–Crippen MR) is 91.8 cm³/mol. The Morgan fingerprint density at radius 3 is 2.71 bits per heavy atom. The average Bonchev–Trinajstić information content (AvgIpc) is 3.08. The Hall–Kier alpha value is -2.22.